The van der Waals surface area contributed by atoms with Crippen molar-refractivity contribution in [3.8, 4) is 5.75 Å². The van der Waals surface area contributed by atoms with Crippen LogP contribution in [-0.2, 0) is 22.7 Å². The Morgan fingerprint density at radius 3 is 2.61 bits per heavy atom. The molecule has 0 aliphatic heterocycles. The molecule has 0 aliphatic carbocycles. The lowest BCUT2D eigenvalue weighted by atomic mass is 10.3. The molecule has 0 saturated carbocycles. The van der Waals surface area contributed by atoms with Crippen molar-refractivity contribution in [3.05, 3.63) is 60.4 Å². The van der Waals surface area contributed by atoms with E-state index in [0.29, 0.717) is 12.4 Å². The van der Waals surface area contributed by atoms with Crippen molar-refractivity contribution in [1.82, 2.24) is 9.55 Å². The van der Waals surface area contributed by atoms with Crippen molar-refractivity contribution in [2.75, 3.05) is 6.61 Å². The molecule has 0 atom stereocenters. The monoisotopic (exact) mass is 310 g/mol. The Kier molecular flexibility index (Phi) is 4.57. The van der Waals surface area contributed by atoms with Crippen LogP contribution in [0, 0.1) is 0 Å². The third kappa shape index (κ3) is 3.51. The van der Waals surface area contributed by atoms with Gasteiger partial charge in [0, 0.05) is 0 Å². The number of esters is 1. The van der Waals surface area contributed by atoms with Crippen molar-refractivity contribution in [3.63, 3.8) is 0 Å². The van der Waals surface area contributed by atoms with Crippen LogP contribution in [0.25, 0.3) is 11.0 Å². The SMILES string of the molecule is CCOC(=O)Cn1c(COc2ccccc2)nc2ccccc21. The van der Waals surface area contributed by atoms with Gasteiger partial charge in [-0.05, 0) is 31.2 Å². The quantitative estimate of drug-likeness (QED) is 0.656. The van der Waals surface area contributed by atoms with Gasteiger partial charge in [-0.25, -0.2) is 4.98 Å². The van der Waals surface area contributed by atoms with Gasteiger partial charge in [-0.1, -0.05) is 30.3 Å². The summed E-state index contributed by atoms with van der Waals surface area (Å²) >= 11 is 0. The first-order chi connectivity index (χ1) is 11.3. The highest BCUT2D eigenvalue weighted by molar-refractivity contribution is 5.78. The zero-order valence-electron chi connectivity index (χ0n) is 12.9. The van der Waals surface area contributed by atoms with Crippen LogP contribution in [0.5, 0.6) is 5.75 Å². The number of rotatable bonds is 6. The molecular formula is C18H18N2O3. The van der Waals surface area contributed by atoms with Crippen LogP contribution < -0.4 is 4.74 Å². The van der Waals surface area contributed by atoms with Gasteiger partial charge in [-0.2, -0.15) is 0 Å². The minimum Gasteiger partial charge on any atom is -0.486 e. The topological polar surface area (TPSA) is 53.4 Å². The fourth-order valence-corrected chi connectivity index (χ4v) is 2.41. The Morgan fingerprint density at radius 1 is 1.09 bits per heavy atom. The van der Waals surface area contributed by atoms with E-state index in [2.05, 4.69) is 4.98 Å². The third-order valence-corrected chi connectivity index (χ3v) is 3.44. The lowest BCUT2D eigenvalue weighted by molar-refractivity contribution is -0.143. The summed E-state index contributed by atoms with van der Waals surface area (Å²) in [4.78, 5) is 16.4. The molecule has 118 valence electrons. The molecule has 5 heteroatoms. The minimum absolute atomic E-state index is 0.127. The molecule has 0 bridgehead atoms. The van der Waals surface area contributed by atoms with Gasteiger partial charge in [0.25, 0.3) is 0 Å². The molecule has 1 aromatic heterocycles. The van der Waals surface area contributed by atoms with E-state index in [-0.39, 0.29) is 19.1 Å². The van der Waals surface area contributed by atoms with Gasteiger partial charge in [0.15, 0.2) is 0 Å². The normalized spacial score (nSPS) is 10.7. The largest absolute Gasteiger partial charge is 0.486 e. The van der Waals surface area contributed by atoms with Gasteiger partial charge in [-0.15, -0.1) is 0 Å². The summed E-state index contributed by atoms with van der Waals surface area (Å²) in [5.74, 6) is 1.18. The Labute approximate surface area is 134 Å². The summed E-state index contributed by atoms with van der Waals surface area (Å²) in [6.07, 6.45) is 0. The molecule has 0 unspecified atom stereocenters. The smallest absolute Gasteiger partial charge is 0.326 e. The van der Waals surface area contributed by atoms with Gasteiger partial charge in [0.05, 0.1) is 17.6 Å². The number of imidazole rings is 1. The van der Waals surface area contributed by atoms with Crippen LogP contribution in [0.15, 0.2) is 54.6 Å². The average Bonchev–Trinajstić information content (AvgIpc) is 2.92. The van der Waals surface area contributed by atoms with Crippen LogP contribution in [0.3, 0.4) is 0 Å². The first kappa shape index (κ1) is 15.1. The molecule has 0 fully saturated rings. The number of para-hydroxylation sites is 3. The summed E-state index contributed by atoms with van der Waals surface area (Å²) in [5.41, 5.74) is 1.73. The van der Waals surface area contributed by atoms with Gasteiger partial charge in [0.1, 0.15) is 24.7 Å². The maximum Gasteiger partial charge on any atom is 0.326 e. The van der Waals surface area contributed by atoms with E-state index in [1.165, 1.54) is 0 Å². The van der Waals surface area contributed by atoms with Crippen LogP contribution in [0.4, 0.5) is 0 Å². The van der Waals surface area contributed by atoms with Gasteiger partial charge < -0.3 is 14.0 Å². The van der Waals surface area contributed by atoms with E-state index in [1.807, 2.05) is 59.2 Å². The van der Waals surface area contributed by atoms with Gasteiger partial charge in [-0.3, -0.25) is 4.79 Å². The van der Waals surface area contributed by atoms with Crippen molar-refractivity contribution in [2.24, 2.45) is 0 Å². The fraction of sp³-hybridized carbons (Fsp3) is 0.222. The number of aromatic nitrogens is 2. The zero-order chi connectivity index (χ0) is 16.1. The molecule has 3 aromatic rings. The highest BCUT2D eigenvalue weighted by Crippen LogP contribution is 2.18. The summed E-state index contributed by atoms with van der Waals surface area (Å²) in [7, 11) is 0. The van der Waals surface area contributed by atoms with Crippen molar-refractivity contribution >= 4 is 17.0 Å². The predicted octanol–water partition coefficient (Wildman–Crippen LogP) is 3.18. The lowest BCUT2D eigenvalue weighted by Gasteiger charge is -2.10. The number of hydrogen-bond acceptors (Lipinski definition) is 4. The van der Waals surface area contributed by atoms with E-state index in [4.69, 9.17) is 9.47 Å². The lowest BCUT2D eigenvalue weighted by Crippen LogP contribution is -2.16. The molecule has 23 heavy (non-hydrogen) atoms. The van der Waals surface area contributed by atoms with Gasteiger partial charge in [0.2, 0.25) is 0 Å². The Bertz CT molecular complexity index is 796. The number of hydrogen-bond donors (Lipinski definition) is 0. The molecule has 0 N–H and O–H groups in total. The van der Waals surface area contributed by atoms with Crippen molar-refractivity contribution in [2.45, 2.75) is 20.1 Å². The number of carbonyl (C=O) groups excluding carboxylic acids is 1. The van der Waals surface area contributed by atoms with E-state index in [1.54, 1.807) is 6.92 Å². The second-order valence-electron chi connectivity index (χ2n) is 5.01. The summed E-state index contributed by atoms with van der Waals surface area (Å²) in [6.45, 7) is 2.57. The molecule has 0 spiro atoms. The standard InChI is InChI=1S/C18H18N2O3/c1-2-22-18(21)12-20-16-11-7-6-10-15(16)19-17(20)13-23-14-8-4-3-5-9-14/h3-11H,2,12-13H2,1H3. The highest BCUT2D eigenvalue weighted by atomic mass is 16.5. The number of ether oxygens (including phenoxy) is 2. The Hall–Kier alpha value is -2.82. The van der Waals surface area contributed by atoms with E-state index < -0.39 is 0 Å². The number of benzene rings is 2. The number of fused-ring (bicyclic) bond motifs is 1. The average molecular weight is 310 g/mol. The van der Waals surface area contributed by atoms with Crippen LogP contribution in [-0.4, -0.2) is 22.1 Å². The van der Waals surface area contributed by atoms with E-state index in [9.17, 15) is 4.79 Å². The summed E-state index contributed by atoms with van der Waals surface area (Å²) in [6, 6.07) is 17.2. The van der Waals surface area contributed by atoms with E-state index >= 15 is 0 Å². The second kappa shape index (κ2) is 6.96. The van der Waals surface area contributed by atoms with Crippen LogP contribution in [0.1, 0.15) is 12.7 Å². The summed E-state index contributed by atoms with van der Waals surface area (Å²) in [5, 5.41) is 0. The van der Waals surface area contributed by atoms with Crippen molar-refractivity contribution < 1.29 is 14.3 Å². The van der Waals surface area contributed by atoms with Crippen LogP contribution >= 0.6 is 0 Å². The predicted molar refractivity (Wildman–Crippen MR) is 87.1 cm³/mol. The molecule has 3 rings (SSSR count). The number of nitrogens with zero attached hydrogens (tertiary/aromatic N) is 2. The Morgan fingerprint density at radius 2 is 1.83 bits per heavy atom. The van der Waals surface area contributed by atoms with Crippen LogP contribution in [0.2, 0.25) is 0 Å². The fourth-order valence-electron chi connectivity index (χ4n) is 2.41. The maximum absolute atomic E-state index is 11.9. The molecule has 0 amide bonds. The highest BCUT2D eigenvalue weighted by Gasteiger charge is 2.14. The van der Waals surface area contributed by atoms with Gasteiger partial charge >= 0.3 is 5.97 Å². The zero-order valence-corrected chi connectivity index (χ0v) is 12.9. The molecule has 1 heterocycles. The first-order valence-corrected chi connectivity index (χ1v) is 7.55. The Balaban J connectivity index is 1.87. The minimum atomic E-state index is -0.281. The molecular weight excluding hydrogens is 292 g/mol. The van der Waals surface area contributed by atoms with Crippen molar-refractivity contribution in [1.29, 1.82) is 0 Å². The molecule has 5 nitrogen and oxygen atoms in total. The maximum atomic E-state index is 11.9. The molecule has 0 radical (unpaired) electrons. The molecule has 0 saturated heterocycles. The molecule has 2 aromatic carbocycles. The molecule has 0 aliphatic rings. The first-order valence-electron chi connectivity index (χ1n) is 7.55. The number of carbonyl (C=O) groups is 1. The second-order valence-corrected chi connectivity index (χ2v) is 5.01. The summed E-state index contributed by atoms with van der Waals surface area (Å²) < 4.78 is 12.7. The van der Waals surface area contributed by atoms with E-state index in [0.717, 1.165) is 16.8 Å². The third-order valence-electron chi connectivity index (χ3n) is 3.44.